The lowest BCUT2D eigenvalue weighted by Gasteiger charge is -2.22. The van der Waals surface area contributed by atoms with Crippen LogP contribution in [0.3, 0.4) is 0 Å². The number of aromatic nitrogens is 1. The Hall–Kier alpha value is -1.77. The molecular formula is C17H22N2O. The number of amides is 1. The van der Waals surface area contributed by atoms with E-state index < -0.39 is 0 Å². The van der Waals surface area contributed by atoms with Gasteiger partial charge in [0.2, 0.25) is 5.91 Å². The highest BCUT2D eigenvalue weighted by Crippen LogP contribution is 2.20. The zero-order valence-corrected chi connectivity index (χ0v) is 12.1. The summed E-state index contributed by atoms with van der Waals surface area (Å²) in [7, 11) is 0. The molecule has 1 fully saturated rings. The molecule has 1 saturated carbocycles. The summed E-state index contributed by atoms with van der Waals surface area (Å²) in [4.78, 5) is 12.2. The number of nitrogens with zero attached hydrogens (tertiary/aromatic N) is 1. The van der Waals surface area contributed by atoms with E-state index in [4.69, 9.17) is 0 Å². The van der Waals surface area contributed by atoms with Gasteiger partial charge in [0.25, 0.3) is 0 Å². The molecular weight excluding hydrogens is 248 g/mol. The Morgan fingerprint density at radius 3 is 2.85 bits per heavy atom. The number of hydrogen-bond acceptors (Lipinski definition) is 1. The fraction of sp³-hybridized carbons (Fsp3) is 0.471. The summed E-state index contributed by atoms with van der Waals surface area (Å²) < 4.78 is 2.04. The maximum Gasteiger partial charge on any atom is 0.240 e. The number of fused-ring (bicyclic) bond motifs is 1. The first-order valence-corrected chi connectivity index (χ1v) is 7.58. The highest BCUT2D eigenvalue weighted by atomic mass is 16.2. The van der Waals surface area contributed by atoms with Crippen LogP contribution in [0.15, 0.2) is 30.5 Å². The van der Waals surface area contributed by atoms with E-state index in [-0.39, 0.29) is 5.91 Å². The molecule has 1 aromatic carbocycles. The van der Waals surface area contributed by atoms with Crippen molar-refractivity contribution >= 4 is 16.8 Å². The molecule has 0 bridgehead atoms. The van der Waals surface area contributed by atoms with Crippen molar-refractivity contribution in [3.05, 3.63) is 36.0 Å². The lowest BCUT2D eigenvalue weighted by Crippen LogP contribution is -2.38. The van der Waals surface area contributed by atoms with Gasteiger partial charge >= 0.3 is 0 Å². The van der Waals surface area contributed by atoms with Gasteiger partial charge in [-0.1, -0.05) is 31.4 Å². The van der Waals surface area contributed by atoms with Crippen molar-refractivity contribution in [3.8, 4) is 0 Å². The Morgan fingerprint density at radius 2 is 2.05 bits per heavy atom. The van der Waals surface area contributed by atoms with Gasteiger partial charge in [-0.2, -0.15) is 0 Å². The molecule has 1 aliphatic carbocycles. The largest absolute Gasteiger partial charge is 0.352 e. The minimum atomic E-state index is 0.135. The molecule has 3 nitrogen and oxygen atoms in total. The molecule has 1 aromatic heterocycles. The molecule has 20 heavy (non-hydrogen) atoms. The third-order valence-electron chi connectivity index (χ3n) is 4.32. The standard InChI is InChI=1S/C17H22N2O/c1-13-6-5-9-16-15(13)10-11-19(16)12-17(20)18-14-7-3-2-4-8-14/h5-6,9-11,14H,2-4,7-8,12H2,1H3,(H,18,20). The summed E-state index contributed by atoms with van der Waals surface area (Å²) in [5.41, 5.74) is 2.40. The SMILES string of the molecule is Cc1cccc2c1ccn2CC(=O)NC1CCCCC1. The van der Waals surface area contributed by atoms with Crippen molar-refractivity contribution in [1.29, 1.82) is 0 Å². The molecule has 0 atom stereocenters. The molecule has 1 aliphatic rings. The summed E-state index contributed by atoms with van der Waals surface area (Å²) in [6.07, 6.45) is 8.09. The molecule has 3 heteroatoms. The zero-order valence-electron chi connectivity index (χ0n) is 12.1. The Balaban J connectivity index is 1.69. The molecule has 0 radical (unpaired) electrons. The first-order chi connectivity index (χ1) is 9.74. The van der Waals surface area contributed by atoms with Gasteiger partial charge < -0.3 is 9.88 Å². The summed E-state index contributed by atoms with van der Waals surface area (Å²) >= 11 is 0. The van der Waals surface area contributed by atoms with E-state index in [0.29, 0.717) is 12.6 Å². The van der Waals surface area contributed by atoms with E-state index in [2.05, 4.69) is 30.4 Å². The predicted octanol–water partition coefficient (Wildman–Crippen LogP) is 3.40. The number of carbonyl (C=O) groups is 1. The third-order valence-corrected chi connectivity index (χ3v) is 4.32. The van der Waals surface area contributed by atoms with Gasteiger partial charge in [-0.15, -0.1) is 0 Å². The maximum absolute atomic E-state index is 12.2. The lowest BCUT2D eigenvalue weighted by atomic mass is 9.95. The second kappa shape index (κ2) is 5.70. The molecule has 1 N–H and O–H groups in total. The number of nitrogens with one attached hydrogen (secondary N) is 1. The smallest absolute Gasteiger partial charge is 0.240 e. The van der Waals surface area contributed by atoms with Crippen molar-refractivity contribution in [3.63, 3.8) is 0 Å². The number of benzene rings is 1. The number of hydrogen-bond donors (Lipinski definition) is 1. The van der Waals surface area contributed by atoms with Gasteiger partial charge in [-0.05, 0) is 37.5 Å². The van der Waals surface area contributed by atoms with E-state index in [9.17, 15) is 4.79 Å². The Morgan fingerprint density at radius 1 is 1.25 bits per heavy atom. The minimum Gasteiger partial charge on any atom is -0.352 e. The first kappa shape index (κ1) is 13.2. The van der Waals surface area contributed by atoms with Gasteiger partial charge in [0.15, 0.2) is 0 Å². The van der Waals surface area contributed by atoms with Crippen molar-refractivity contribution < 1.29 is 4.79 Å². The van der Waals surface area contributed by atoms with Crippen molar-refractivity contribution in [1.82, 2.24) is 9.88 Å². The van der Waals surface area contributed by atoms with Gasteiger partial charge in [0.1, 0.15) is 6.54 Å². The molecule has 0 saturated heterocycles. The second-order valence-corrected chi connectivity index (χ2v) is 5.85. The molecule has 106 valence electrons. The minimum absolute atomic E-state index is 0.135. The summed E-state index contributed by atoms with van der Waals surface area (Å²) in [5, 5.41) is 4.41. The second-order valence-electron chi connectivity index (χ2n) is 5.85. The van der Waals surface area contributed by atoms with Gasteiger partial charge in [-0.25, -0.2) is 0 Å². The van der Waals surface area contributed by atoms with Crippen LogP contribution in [0.4, 0.5) is 0 Å². The number of rotatable bonds is 3. The maximum atomic E-state index is 12.2. The van der Waals surface area contributed by atoms with Crippen LogP contribution < -0.4 is 5.32 Å². The normalized spacial score (nSPS) is 16.4. The molecule has 0 unspecified atom stereocenters. The monoisotopic (exact) mass is 270 g/mol. The highest BCUT2D eigenvalue weighted by molar-refractivity contribution is 5.85. The number of aryl methyl sites for hydroxylation is 1. The van der Waals surface area contributed by atoms with Crippen molar-refractivity contribution in [2.45, 2.75) is 51.6 Å². The average molecular weight is 270 g/mol. The van der Waals surface area contributed by atoms with Crippen LogP contribution in [0.25, 0.3) is 10.9 Å². The van der Waals surface area contributed by atoms with E-state index in [1.54, 1.807) is 0 Å². The van der Waals surface area contributed by atoms with Crippen LogP contribution in [0.1, 0.15) is 37.7 Å². The van der Waals surface area contributed by atoms with E-state index >= 15 is 0 Å². The van der Waals surface area contributed by atoms with Crippen LogP contribution in [0.5, 0.6) is 0 Å². The van der Waals surface area contributed by atoms with Crippen LogP contribution in [0, 0.1) is 6.92 Å². The van der Waals surface area contributed by atoms with Gasteiger partial charge in [0.05, 0.1) is 0 Å². The third kappa shape index (κ3) is 2.72. The Kier molecular flexibility index (Phi) is 3.77. The van der Waals surface area contributed by atoms with Crippen LogP contribution >= 0.6 is 0 Å². The van der Waals surface area contributed by atoms with E-state index in [0.717, 1.165) is 18.4 Å². The topological polar surface area (TPSA) is 34.0 Å². The fourth-order valence-corrected chi connectivity index (χ4v) is 3.19. The van der Waals surface area contributed by atoms with Crippen molar-refractivity contribution in [2.24, 2.45) is 0 Å². The molecule has 1 heterocycles. The summed E-state index contributed by atoms with van der Waals surface area (Å²) in [6.45, 7) is 2.53. The molecule has 0 aliphatic heterocycles. The van der Waals surface area contributed by atoms with Crippen LogP contribution in [0.2, 0.25) is 0 Å². The average Bonchev–Trinajstić information content (AvgIpc) is 2.84. The van der Waals surface area contributed by atoms with E-state index in [1.165, 1.54) is 30.2 Å². The first-order valence-electron chi connectivity index (χ1n) is 7.58. The molecule has 2 aromatic rings. The molecule has 3 rings (SSSR count). The van der Waals surface area contributed by atoms with Crippen molar-refractivity contribution in [2.75, 3.05) is 0 Å². The van der Waals surface area contributed by atoms with Gasteiger partial charge in [-0.3, -0.25) is 4.79 Å². The van der Waals surface area contributed by atoms with Gasteiger partial charge in [0, 0.05) is 23.1 Å². The molecule has 0 spiro atoms. The Labute approximate surface area is 120 Å². The van der Waals surface area contributed by atoms with E-state index in [1.807, 2.05) is 16.8 Å². The predicted molar refractivity (Wildman–Crippen MR) is 81.7 cm³/mol. The zero-order chi connectivity index (χ0) is 13.9. The summed E-state index contributed by atoms with van der Waals surface area (Å²) in [5.74, 6) is 0.135. The lowest BCUT2D eigenvalue weighted by molar-refractivity contribution is -0.122. The van der Waals surface area contributed by atoms with Crippen LogP contribution in [-0.4, -0.2) is 16.5 Å². The summed E-state index contributed by atoms with van der Waals surface area (Å²) in [6, 6.07) is 8.72. The number of carbonyl (C=O) groups excluding carboxylic acids is 1. The van der Waals surface area contributed by atoms with Crippen LogP contribution in [-0.2, 0) is 11.3 Å². The fourth-order valence-electron chi connectivity index (χ4n) is 3.19. The Bertz CT molecular complexity index is 608. The molecule has 1 amide bonds. The highest BCUT2D eigenvalue weighted by Gasteiger charge is 2.16. The quantitative estimate of drug-likeness (QED) is 0.911.